The van der Waals surface area contributed by atoms with E-state index in [-0.39, 0.29) is 32.5 Å². The van der Waals surface area contributed by atoms with E-state index in [0.29, 0.717) is 6.21 Å². The highest BCUT2D eigenvalue weighted by atomic mass is 16.5. The maximum Gasteiger partial charge on any atom is 0.328 e. The van der Waals surface area contributed by atoms with E-state index in [9.17, 15) is 14.4 Å². The number of esters is 1. The molecule has 1 aromatic carbocycles. The summed E-state index contributed by atoms with van der Waals surface area (Å²) < 4.78 is 10.7. The quantitative estimate of drug-likeness (QED) is 0.280. The van der Waals surface area contributed by atoms with E-state index in [1.807, 2.05) is 24.3 Å². The number of amides is 1. The molecule has 0 saturated carbocycles. The Morgan fingerprint density at radius 2 is 2.00 bits per heavy atom. The molecule has 0 radical (unpaired) electrons. The normalized spacial score (nSPS) is 13.0. The second-order valence-electron chi connectivity index (χ2n) is 7.34. The lowest BCUT2D eigenvalue weighted by molar-refractivity contribution is -0.153. The number of hydrogen-bond acceptors (Lipinski definition) is 7. The fourth-order valence-electron chi connectivity index (χ4n) is 3.11. The van der Waals surface area contributed by atoms with Gasteiger partial charge in [-0.25, -0.2) is 4.79 Å². The number of carbonyl (C=O) groups excluding carboxylic acids is 3. The molecule has 0 aliphatic carbocycles. The van der Waals surface area contributed by atoms with E-state index >= 15 is 0 Å². The Hall–Kier alpha value is -3.04. The number of benzene rings is 1. The van der Waals surface area contributed by atoms with Crippen molar-refractivity contribution >= 4 is 34.8 Å². The summed E-state index contributed by atoms with van der Waals surface area (Å²) >= 11 is 0. The predicted molar refractivity (Wildman–Crippen MR) is 115 cm³/mol. The Balaban J connectivity index is 2.16. The Morgan fingerprint density at radius 3 is 2.68 bits per heavy atom. The lowest BCUT2D eigenvalue weighted by Crippen LogP contribution is -2.48. The second-order valence-corrected chi connectivity index (χ2v) is 7.34. The van der Waals surface area contributed by atoms with Gasteiger partial charge in [-0.1, -0.05) is 18.2 Å². The summed E-state index contributed by atoms with van der Waals surface area (Å²) in [6.45, 7) is 3.06. The van der Waals surface area contributed by atoms with Gasteiger partial charge in [0.25, 0.3) is 0 Å². The van der Waals surface area contributed by atoms with Crippen LogP contribution in [0.25, 0.3) is 10.9 Å². The van der Waals surface area contributed by atoms with Crippen molar-refractivity contribution < 1.29 is 29.0 Å². The molecule has 0 spiro atoms. The van der Waals surface area contributed by atoms with Crippen LogP contribution in [0.15, 0.2) is 30.5 Å². The van der Waals surface area contributed by atoms with Crippen molar-refractivity contribution in [2.45, 2.75) is 51.4 Å². The number of aromatic nitrogens is 1. The zero-order chi connectivity index (χ0) is 22.8. The molecular weight excluding hydrogens is 402 g/mol. The maximum atomic E-state index is 13.0. The third-order valence-electron chi connectivity index (χ3n) is 4.58. The molecule has 0 aliphatic rings. The molecule has 1 aromatic heterocycles. The second kappa shape index (κ2) is 12.0. The number of aliphatic hydroxyl groups excluding tert-OH is 1. The number of carbonyl (C=O) groups is 3. The van der Waals surface area contributed by atoms with Gasteiger partial charge in [0.2, 0.25) is 5.91 Å². The third-order valence-corrected chi connectivity index (χ3v) is 4.58. The molecule has 31 heavy (non-hydrogen) atoms. The monoisotopic (exact) mass is 431 g/mol. The van der Waals surface area contributed by atoms with Gasteiger partial charge in [0.1, 0.15) is 12.1 Å². The topological polar surface area (TPSA) is 142 Å². The molecule has 0 bridgehead atoms. The van der Waals surface area contributed by atoms with Gasteiger partial charge in [-0.15, -0.1) is 0 Å². The fourth-order valence-corrected chi connectivity index (χ4v) is 3.11. The zero-order valence-electron chi connectivity index (χ0n) is 17.7. The molecule has 2 aromatic rings. The summed E-state index contributed by atoms with van der Waals surface area (Å²) in [5.74, 6) is -1.66. The van der Waals surface area contributed by atoms with Crippen LogP contribution in [0.5, 0.6) is 0 Å². The average Bonchev–Trinajstić information content (AvgIpc) is 3.15. The van der Waals surface area contributed by atoms with Crippen LogP contribution in [0.3, 0.4) is 0 Å². The molecule has 2 atom stereocenters. The minimum atomic E-state index is -1.05. The van der Waals surface area contributed by atoms with Crippen LogP contribution in [0, 0.1) is 5.41 Å². The summed E-state index contributed by atoms with van der Waals surface area (Å²) in [4.78, 5) is 40.0. The number of para-hydroxylation sites is 1. The maximum absolute atomic E-state index is 13.0. The molecule has 168 valence electrons. The first-order chi connectivity index (χ1) is 14.8. The third kappa shape index (κ3) is 7.30. The van der Waals surface area contributed by atoms with E-state index < -0.39 is 35.9 Å². The van der Waals surface area contributed by atoms with Crippen LogP contribution in [-0.2, 0) is 30.3 Å². The molecule has 1 heterocycles. The number of rotatable bonds is 13. The molecular formula is C22H29N3O6. The van der Waals surface area contributed by atoms with E-state index in [4.69, 9.17) is 20.0 Å². The van der Waals surface area contributed by atoms with Gasteiger partial charge in [0, 0.05) is 29.9 Å². The Kier molecular flexibility index (Phi) is 9.36. The Bertz CT molecular complexity index is 908. The first-order valence-corrected chi connectivity index (χ1v) is 10.2. The lowest BCUT2D eigenvalue weighted by atomic mass is 10.0. The first kappa shape index (κ1) is 24.2. The van der Waals surface area contributed by atoms with Crippen molar-refractivity contribution in [2.75, 3.05) is 13.2 Å². The van der Waals surface area contributed by atoms with Crippen molar-refractivity contribution in [1.29, 1.82) is 5.41 Å². The molecule has 4 N–H and O–H groups in total. The van der Waals surface area contributed by atoms with Crippen molar-refractivity contribution in [1.82, 2.24) is 10.3 Å². The van der Waals surface area contributed by atoms with E-state index in [1.165, 1.54) is 0 Å². The SMILES string of the molecule is CC(C)OC(=O)[C@H](CCC(=O)C=N)NC(=O)[C@H](Cc1c[nH]c2ccccc12)OCCO. The number of H-pyrrole nitrogens is 1. The van der Waals surface area contributed by atoms with Crippen LogP contribution in [0.4, 0.5) is 0 Å². The average molecular weight is 431 g/mol. The highest BCUT2D eigenvalue weighted by molar-refractivity contribution is 6.26. The van der Waals surface area contributed by atoms with Gasteiger partial charge < -0.3 is 30.3 Å². The number of Topliss-reactive ketones (excluding diaryl/α,β-unsaturated/α-hetero) is 1. The van der Waals surface area contributed by atoms with Crippen molar-refractivity contribution in [3.63, 3.8) is 0 Å². The fraction of sp³-hybridized carbons (Fsp3) is 0.455. The molecule has 0 saturated heterocycles. The van der Waals surface area contributed by atoms with E-state index in [2.05, 4.69) is 10.3 Å². The predicted octanol–water partition coefficient (Wildman–Crippen LogP) is 1.52. The number of aromatic amines is 1. The van der Waals surface area contributed by atoms with Crippen LogP contribution in [0.2, 0.25) is 0 Å². The van der Waals surface area contributed by atoms with Gasteiger partial charge in [-0.05, 0) is 31.9 Å². The minimum absolute atomic E-state index is 0.00527. The van der Waals surface area contributed by atoms with Gasteiger partial charge in [-0.3, -0.25) is 9.59 Å². The van der Waals surface area contributed by atoms with Gasteiger partial charge in [0.05, 0.1) is 25.5 Å². The highest BCUT2D eigenvalue weighted by Crippen LogP contribution is 2.20. The number of aliphatic hydroxyl groups is 1. The molecule has 2 rings (SSSR count). The number of ether oxygens (including phenoxy) is 2. The number of fused-ring (bicyclic) bond motifs is 1. The van der Waals surface area contributed by atoms with Crippen molar-refractivity contribution in [3.8, 4) is 0 Å². The first-order valence-electron chi connectivity index (χ1n) is 10.2. The van der Waals surface area contributed by atoms with Crippen LogP contribution >= 0.6 is 0 Å². The molecule has 9 heteroatoms. The zero-order valence-corrected chi connectivity index (χ0v) is 17.7. The molecule has 0 fully saturated rings. The molecule has 9 nitrogen and oxygen atoms in total. The smallest absolute Gasteiger partial charge is 0.328 e. The van der Waals surface area contributed by atoms with Gasteiger partial charge in [-0.2, -0.15) is 0 Å². The molecule has 0 unspecified atom stereocenters. The highest BCUT2D eigenvalue weighted by Gasteiger charge is 2.28. The van der Waals surface area contributed by atoms with Gasteiger partial charge in [0.15, 0.2) is 5.78 Å². The lowest BCUT2D eigenvalue weighted by Gasteiger charge is -2.22. The summed E-state index contributed by atoms with van der Waals surface area (Å²) in [5, 5.41) is 19.7. The van der Waals surface area contributed by atoms with Crippen molar-refractivity contribution in [3.05, 3.63) is 36.0 Å². The summed E-state index contributed by atoms with van der Waals surface area (Å²) in [7, 11) is 0. The van der Waals surface area contributed by atoms with E-state index in [0.717, 1.165) is 16.5 Å². The van der Waals surface area contributed by atoms with Crippen LogP contribution in [0.1, 0.15) is 32.3 Å². The van der Waals surface area contributed by atoms with Gasteiger partial charge >= 0.3 is 5.97 Å². The van der Waals surface area contributed by atoms with E-state index in [1.54, 1.807) is 20.0 Å². The Morgan fingerprint density at radius 1 is 1.26 bits per heavy atom. The summed E-state index contributed by atoms with van der Waals surface area (Å²) in [5.41, 5.74) is 1.77. The summed E-state index contributed by atoms with van der Waals surface area (Å²) in [6.07, 6.45) is 1.27. The number of nitrogens with one attached hydrogen (secondary N) is 3. The molecule has 0 aliphatic heterocycles. The minimum Gasteiger partial charge on any atom is -0.461 e. The standard InChI is InChI=1S/C22H29N3O6/c1-14(2)31-22(29)19(8-7-16(27)12-23)25-21(28)20(30-10-9-26)11-15-13-24-18-6-4-3-5-17(15)18/h3-6,12-14,19-20,23-24,26H,7-11H2,1-2H3,(H,25,28)/t19-,20-/m0/s1. The largest absolute Gasteiger partial charge is 0.461 e. The number of ketones is 1. The van der Waals surface area contributed by atoms with Crippen LogP contribution in [-0.4, -0.2) is 65.4 Å². The number of hydrogen-bond donors (Lipinski definition) is 4. The Labute approximate surface area is 180 Å². The van der Waals surface area contributed by atoms with Crippen LogP contribution < -0.4 is 5.32 Å². The summed E-state index contributed by atoms with van der Waals surface area (Å²) in [6, 6.07) is 6.58. The molecule has 1 amide bonds. The van der Waals surface area contributed by atoms with Crippen molar-refractivity contribution in [2.24, 2.45) is 0 Å².